The molecule has 1 rings (SSSR count). The Hall–Kier alpha value is -1.26. The number of hydrogen-bond acceptors (Lipinski definition) is 3. The van der Waals surface area contributed by atoms with Crippen LogP contribution in [0.15, 0.2) is 0 Å². The van der Waals surface area contributed by atoms with E-state index in [9.17, 15) is 9.59 Å². The normalized spacial score (nSPS) is 24.8. The van der Waals surface area contributed by atoms with Crippen molar-refractivity contribution in [1.29, 1.82) is 0 Å². The first-order valence-electron chi connectivity index (χ1n) is 6.05. The molecule has 0 radical (unpaired) electrons. The molecule has 1 heterocycles. The second-order valence-electron chi connectivity index (χ2n) is 5.48. The Morgan fingerprint density at radius 1 is 1.41 bits per heavy atom. The van der Waals surface area contributed by atoms with E-state index in [1.54, 1.807) is 20.8 Å². The molecular weight excluding hydrogens is 220 g/mol. The minimum Gasteiger partial charge on any atom is -0.444 e. The summed E-state index contributed by atoms with van der Waals surface area (Å²) in [7, 11) is 0. The number of nitrogens with zero attached hydrogens (tertiary/aromatic N) is 1. The lowest BCUT2D eigenvalue weighted by molar-refractivity contribution is -0.123. The zero-order valence-corrected chi connectivity index (χ0v) is 11.0. The van der Waals surface area contributed by atoms with Gasteiger partial charge in [-0.25, -0.2) is 4.79 Å². The maximum atomic E-state index is 11.9. The van der Waals surface area contributed by atoms with Crippen LogP contribution in [-0.4, -0.2) is 35.1 Å². The van der Waals surface area contributed by atoms with Gasteiger partial charge in [-0.1, -0.05) is 13.3 Å². The Morgan fingerprint density at radius 2 is 2.00 bits per heavy atom. The van der Waals surface area contributed by atoms with E-state index in [0.717, 1.165) is 12.8 Å². The van der Waals surface area contributed by atoms with Gasteiger partial charge >= 0.3 is 6.09 Å². The summed E-state index contributed by atoms with van der Waals surface area (Å²) < 4.78 is 5.27. The molecule has 1 saturated heterocycles. The van der Waals surface area contributed by atoms with Crippen LogP contribution in [0.4, 0.5) is 4.79 Å². The quantitative estimate of drug-likeness (QED) is 0.797. The fourth-order valence-electron chi connectivity index (χ4n) is 2.20. The van der Waals surface area contributed by atoms with Gasteiger partial charge in [0.25, 0.3) is 0 Å². The van der Waals surface area contributed by atoms with E-state index < -0.39 is 23.6 Å². The second-order valence-corrected chi connectivity index (χ2v) is 5.48. The van der Waals surface area contributed by atoms with Gasteiger partial charge in [-0.15, -0.1) is 0 Å². The molecule has 0 aliphatic carbocycles. The lowest BCUT2D eigenvalue weighted by Crippen LogP contribution is -2.48. The molecule has 0 spiro atoms. The lowest BCUT2D eigenvalue weighted by atomic mass is 9.97. The number of rotatable bonds is 2. The van der Waals surface area contributed by atoms with E-state index in [1.165, 1.54) is 4.90 Å². The third kappa shape index (κ3) is 3.35. The zero-order chi connectivity index (χ0) is 13.2. The number of carbonyl (C=O) groups excluding carboxylic acids is 2. The minimum atomic E-state index is -0.552. The van der Waals surface area contributed by atoms with Crippen LogP contribution in [-0.2, 0) is 9.53 Å². The molecule has 0 saturated carbocycles. The molecule has 5 heteroatoms. The highest BCUT2D eigenvalue weighted by atomic mass is 16.6. The molecule has 1 aliphatic heterocycles. The number of primary amides is 1. The van der Waals surface area contributed by atoms with E-state index in [2.05, 4.69) is 0 Å². The Bertz CT molecular complexity index is 309. The molecule has 98 valence electrons. The van der Waals surface area contributed by atoms with Gasteiger partial charge in [0.15, 0.2) is 0 Å². The molecule has 2 amide bonds. The van der Waals surface area contributed by atoms with Crippen molar-refractivity contribution >= 4 is 12.0 Å². The first-order chi connectivity index (χ1) is 7.76. The van der Waals surface area contributed by atoms with Crippen molar-refractivity contribution in [2.45, 2.75) is 52.2 Å². The minimum absolute atomic E-state index is 0.153. The van der Waals surface area contributed by atoms with Gasteiger partial charge in [0.1, 0.15) is 11.6 Å². The van der Waals surface area contributed by atoms with Gasteiger partial charge in [-0.2, -0.15) is 0 Å². The highest BCUT2D eigenvalue weighted by Gasteiger charge is 2.41. The Morgan fingerprint density at radius 3 is 2.41 bits per heavy atom. The number of carbonyl (C=O) groups is 2. The molecule has 0 aromatic heterocycles. The van der Waals surface area contributed by atoms with Crippen LogP contribution in [0.2, 0.25) is 0 Å². The fraction of sp³-hybridized carbons (Fsp3) is 0.833. The van der Waals surface area contributed by atoms with Crippen LogP contribution in [0.3, 0.4) is 0 Å². The first kappa shape index (κ1) is 13.8. The molecule has 2 N–H and O–H groups in total. The molecular formula is C12H22N2O3. The topological polar surface area (TPSA) is 72.6 Å². The molecule has 1 fully saturated rings. The molecule has 0 aromatic carbocycles. The Labute approximate surface area is 102 Å². The fourth-order valence-corrected chi connectivity index (χ4v) is 2.20. The van der Waals surface area contributed by atoms with Crippen molar-refractivity contribution in [3.63, 3.8) is 0 Å². The molecule has 2 atom stereocenters. The third-order valence-corrected chi connectivity index (χ3v) is 2.97. The van der Waals surface area contributed by atoms with Crippen molar-refractivity contribution in [3.8, 4) is 0 Å². The highest BCUT2D eigenvalue weighted by Crippen LogP contribution is 2.28. The maximum Gasteiger partial charge on any atom is 0.410 e. The highest BCUT2D eigenvalue weighted by molar-refractivity contribution is 5.85. The van der Waals surface area contributed by atoms with Gasteiger partial charge < -0.3 is 10.5 Å². The molecule has 1 aliphatic rings. The summed E-state index contributed by atoms with van der Waals surface area (Å²) in [5, 5.41) is 0. The van der Waals surface area contributed by atoms with Gasteiger partial charge in [0.05, 0.1) is 0 Å². The number of likely N-dealkylation sites (tertiary alicyclic amines) is 1. The predicted molar refractivity (Wildman–Crippen MR) is 64.3 cm³/mol. The smallest absolute Gasteiger partial charge is 0.410 e. The van der Waals surface area contributed by atoms with Gasteiger partial charge in [-0.05, 0) is 33.1 Å². The SMILES string of the molecule is CC[C@@H]1CCN(C(=O)OC(C)(C)C)[C@H]1C(N)=O. The summed E-state index contributed by atoms with van der Waals surface area (Å²) in [6.07, 6.45) is 1.20. The summed E-state index contributed by atoms with van der Waals surface area (Å²) in [5.74, 6) is -0.291. The van der Waals surface area contributed by atoms with E-state index in [1.807, 2.05) is 6.92 Å². The van der Waals surface area contributed by atoms with Crippen LogP contribution in [0, 0.1) is 5.92 Å². The van der Waals surface area contributed by atoms with Crippen LogP contribution in [0.25, 0.3) is 0 Å². The van der Waals surface area contributed by atoms with E-state index >= 15 is 0 Å². The van der Waals surface area contributed by atoms with E-state index in [-0.39, 0.29) is 5.92 Å². The Kier molecular flexibility index (Phi) is 4.01. The summed E-state index contributed by atoms with van der Waals surface area (Å²) in [4.78, 5) is 24.8. The van der Waals surface area contributed by atoms with Crippen molar-refractivity contribution in [1.82, 2.24) is 4.90 Å². The van der Waals surface area contributed by atoms with Crippen molar-refractivity contribution < 1.29 is 14.3 Å². The third-order valence-electron chi connectivity index (χ3n) is 2.97. The van der Waals surface area contributed by atoms with Crippen LogP contribution >= 0.6 is 0 Å². The predicted octanol–water partition coefficient (Wildman–Crippen LogP) is 1.51. The van der Waals surface area contributed by atoms with Gasteiger partial charge in [0.2, 0.25) is 5.91 Å². The molecule has 17 heavy (non-hydrogen) atoms. The zero-order valence-electron chi connectivity index (χ0n) is 11.0. The molecule has 0 bridgehead atoms. The van der Waals surface area contributed by atoms with Crippen LogP contribution in [0.5, 0.6) is 0 Å². The number of ether oxygens (including phenoxy) is 1. The average Bonchev–Trinajstić information content (AvgIpc) is 2.57. The molecule has 5 nitrogen and oxygen atoms in total. The standard InChI is InChI=1S/C12H22N2O3/c1-5-8-6-7-14(9(8)10(13)15)11(16)17-12(2,3)4/h8-9H,5-7H2,1-4H3,(H2,13,15)/t8-,9-/m1/s1. The average molecular weight is 242 g/mol. The van der Waals surface area contributed by atoms with Crippen molar-refractivity contribution in [3.05, 3.63) is 0 Å². The van der Waals surface area contributed by atoms with Gasteiger partial charge in [0, 0.05) is 6.54 Å². The number of nitrogens with two attached hydrogens (primary N) is 1. The lowest BCUT2D eigenvalue weighted by Gasteiger charge is -2.28. The largest absolute Gasteiger partial charge is 0.444 e. The van der Waals surface area contributed by atoms with Crippen LogP contribution in [0.1, 0.15) is 40.5 Å². The summed E-state index contributed by atoms with van der Waals surface area (Å²) >= 11 is 0. The van der Waals surface area contributed by atoms with Crippen molar-refractivity contribution in [2.75, 3.05) is 6.54 Å². The summed E-state index contributed by atoms with van der Waals surface area (Å²) in [6.45, 7) is 7.95. The molecule has 0 aromatic rings. The van der Waals surface area contributed by atoms with Crippen molar-refractivity contribution in [2.24, 2.45) is 11.7 Å². The monoisotopic (exact) mass is 242 g/mol. The summed E-state index contributed by atoms with van der Waals surface area (Å²) in [5.41, 5.74) is 4.82. The maximum absolute atomic E-state index is 11.9. The number of hydrogen-bond donors (Lipinski definition) is 1. The second kappa shape index (κ2) is 4.94. The Balaban J connectivity index is 2.76. The van der Waals surface area contributed by atoms with Gasteiger partial charge in [-0.3, -0.25) is 9.69 Å². The number of amides is 2. The summed E-state index contributed by atoms with van der Waals surface area (Å²) in [6, 6.07) is -0.519. The van der Waals surface area contributed by atoms with Crippen LogP contribution < -0.4 is 5.73 Å². The first-order valence-corrected chi connectivity index (χ1v) is 6.05. The molecule has 0 unspecified atom stereocenters. The van der Waals surface area contributed by atoms with E-state index in [4.69, 9.17) is 10.5 Å². The van der Waals surface area contributed by atoms with E-state index in [0.29, 0.717) is 6.54 Å².